The summed E-state index contributed by atoms with van der Waals surface area (Å²) in [5, 5.41) is 9.12. The maximum Gasteiger partial charge on any atom is 0.164 e. The van der Waals surface area contributed by atoms with E-state index in [0.717, 1.165) is 139 Å². The van der Waals surface area contributed by atoms with E-state index in [2.05, 4.69) is 282 Å². The molecule has 0 unspecified atom stereocenters. The van der Waals surface area contributed by atoms with E-state index in [1.165, 1.54) is 21.5 Å². The fourth-order valence-corrected chi connectivity index (χ4v) is 13.4. The van der Waals surface area contributed by atoms with Gasteiger partial charge in [0.1, 0.15) is 22.3 Å². The molecule has 0 aliphatic rings. The molecule has 0 saturated carbocycles. The predicted octanol–water partition coefficient (Wildman–Crippen LogP) is 21.5. The highest BCUT2D eigenvalue weighted by molar-refractivity contribution is 6.13. The Kier molecular flexibility index (Phi) is 11.2. The number of hydrogen-bond donors (Lipinski definition) is 0. The molecule has 0 N–H and O–H groups in total. The molecule has 18 rings (SSSR count). The number of nitrogens with zero attached hydrogens (tertiary/aromatic N) is 5. The minimum atomic E-state index is 0.568. The molecule has 0 spiro atoms. The fourth-order valence-electron chi connectivity index (χ4n) is 13.4. The van der Waals surface area contributed by atoms with Crippen LogP contribution in [0.2, 0.25) is 0 Å². The van der Waals surface area contributed by atoms with Crippen molar-refractivity contribution >= 4 is 87.5 Å². The normalized spacial score (nSPS) is 11.9. The Morgan fingerprint density at radius 2 is 0.557 bits per heavy atom. The van der Waals surface area contributed by atoms with Crippen molar-refractivity contribution in [2.75, 3.05) is 0 Å². The van der Waals surface area contributed by atoms with E-state index in [-0.39, 0.29) is 0 Å². The SMILES string of the molecule is c1ccc(-c2ccccc2-c2cccc(-c3nc(-c4cccc(-n5c6ccccc6c6cc(-c7ccc8oc9ccccc9c8c7)ccc65)c4)nc(-c4cccc(-n5c6ccccc6c6cc(-c7ccc8oc9ccccc9c8c7)ccc65)c4)n3)c2)cc1. The molecule has 88 heavy (non-hydrogen) atoms. The Morgan fingerprint density at radius 3 is 1.07 bits per heavy atom. The van der Waals surface area contributed by atoms with Gasteiger partial charge in [-0.05, 0) is 148 Å². The van der Waals surface area contributed by atoms with Gasteiger partial charge in [0, 0.05) is 71.2 Å². The first-order valence-electron chi connectivity index (χ1n) is 29.7. The number of para-hydroxylation sites is 4. The highest BCUT2D eigenvalue weighted by Gasteiger charge is 2.21. The number of benzene rings is 13. The van der Waals surface area contributed by atoms with Crippen LogP contribution >= 0.6 is 0 Å². The Morgan fingerprint density at radius 1 is 0.205 bits per heavy atom. The lowest BCUT2D eigenvalue weighted by atomic mass is 9.94. The zero-order valence-corrected chi connectivity index (χ0v) is 47.3. The van der Waals surface area contributed by atoms with Gasteiger partial charge in [-0.25, -0.2) is 15.0 Å². The summed E-state index contributed by atoms with van der Waals surface area (Å²) < 4.78 is 17.2. The number of fused-ring (bicyclic) bond motifs is 12. The molecular weight excluding hydrogens is 1070 g/mol. The van der Waals surface area contributed by atoms with E-state index >= 15 is 0 Å². The van der Waals surface area contributed by atoms with E-state index in [4.69, 9.17) is 23.8 Å². The smallest absolute Gasteiger partial charge is 0.164 e. The molecule has 18 aromatic rings. The van der Waals surface area contributed by atoms with Crippen LogP contribution in [-0.4, -0.2) is 24.1 Å². The molecule has 13 aromatic carbocycles. The highest BCUT2D eigenvalue weighted by Crippen LogP contribution is 2.42. The van der Waals surface area contributed by atoms with Gasteiger partial charge in [-0.3, -0.25) is 0 Å². The Bertz CT molecular complexity index is 5550. The molecule has 7 heteroatoms. The second kappa shape index (κ2) is 19.8. The average molecular weight is 1120 g/mol. The van der Waals surface area contributed by atoms with Crippen LogP contribution in [0.15, 0.2) is 306 Å². The van der Waals surface area contributed by atoms with Gasteiger partial charge in [0.25, 0.3) is 0 Å². The second-order valence-corrected chi connectivity index (χ2v) is 22.7. The van der Waals surface area contributed by atoms with E-state index in [9.17, 15) is 0 Å². The molecule has 5 heterocycles. The maximum absolute atomic E-state index is 6.22. The monoisotopic (exact) mass is 1120 g/mol. The fraction of sp³-hybridized carbons (Fsp3) is 0. The topological polar surface area (TPSA) is 74.8 Å². The van der Waals surface area contributed by atoms with Crippen molar-refractivity contribution < 1.29 is 8.83 Å². The Hall–Kier alpha value is -11.9. The van der Waals surface area contributed by atoms with Gasteiger partial charge in [-0.15, -0.1) is 0 Å². The molecule has 0 atom stereocenters. The summed E-state index contributed by atoms with van der Waals surface area (Å²) in [4.78, 5) is 16.3. The third-order valence-corrected chi connectivity index (χ3v) is 17.6. The summed E-state index contributed by atoms with van der Waals surface area (Å²) in [6, 6.07) is 105. The Labute approximate surface area is 504 Å². The second-order valence-electron chi connectivity index (χ2n) is 22.7. The third kappa shape index (κ3) is 8.09. The minimum absolute atomic E-state index is 0.568. The first-order valence-corrected chi connectivity index (χ1v) is 29.7. The van der Waals surface area contributed by atoms with Crippen molar-refractivity contribution in [3.8, 4) is 90.0 Å². The predicted molar refractivity (Wildman–Crippen MR) is 361 cm³/mol. The molecular formula is C81H49N5O2. The first-order chi connectivity index (χ1) is 43.6. The van der Waals surface area contributed by atoms with Crippen molar-refractivity contribution in [3.63, 3.8) is 0 Å². The van der Waals surface area contributed by atoms with Crippen LogP contribution < -0.4 is 0 Å². The average Bonchev–Trinajstić information content (AvgIpc) is 1.83. The summed E-state index contributed by atoms with van der Waals surface area (Å²) in [6.07, 6.45) is 0. The zero-order chi connectivity index (χ0) is 57.8. The van der Waals surface area contributed by atoms with E-state index in [1.807, 2.05) is 24.3 Å². The molecule has 5 aromatic heterocycles. The van der Waals surface area contributed by atoms with E-state index in [1.54, 1.807) is 0 Å². The van der Waals surface area contributed by atoms with Gasteiger partial charge in [0.15, 0.2) is 17.5 Å². The van der Waals surface area contributed by atoms with Crippen LogP contribution in [0.5, 0.6) is 0 Å². The van der Waals surface area contributed by atoms with Gasteiger partial charge in [0.2, 0.25) is 0 Å². The summed E-state index contributed by atoms with van der Waals surface area (Å²) >= 11 is 0. The molecule has 7 nitrogen and oxygen atoms in total. The van der Waals surface area contributed by atoms with Gasteiger partial charge >= 0.3 is 0 Å². The standard InChI is InChI=1S/C81H49N5O2/c1-2-17-50(18-3-1)61-25-4-5-26-62(61)55-19-14-20-56(43-55)79-82-80(57-21-15-23-59(44-57)85-71-31-10-6-27-63(71)67-46-51(35-39-73(67)85)53-37-41-77-69(48-53)65-29-8-12-33-75(65)87-77)84-81(83-79)58-22-16-24-60(45-58)86-72-32-11-7-28-64(72)68-47-52(36-40-74(68)86)54-38-42-78-70(49-54)66-30-9-13-34-76(66)88-78/h1-49H. The van der Waals surface area contributed by atoms with Crippen LogP contribution in [0.25, 0.3) is 178 Å². The van der Waals surface area contributed by atoms with Crippen molar-refractivity contribution in [2.24, 2.45) is 0 Å². The van der Waals surface area contributed by atoms with Crippen molar-refractivity contribution in [2.45, 2.75) is 0 Å². The summed E-state index contributed by atoms with van der Waals surface area (Å²) in [6.45, 7) is 0. The van der Waals surface area contributed by atoms with Gasteiger partial charge < -0.3 is 18.0 Å². The number of aromatic nitrogens is 5. The Balaban J connectivity index is 0.774. The van der Waals surface area contributed by atoms with Crippen molar-refractivity contribution in [1.29, 1.82) is 0 Å². The molecule has 410 valence electrons. The summed E-state index contributed by atoms with van der Waals surface area (Å²) in [5.74, 6) is 1.71. The number of furan rings is 2. The molecule has 0 aliphatic carbocycles. The van der Waals surface area contributed by atoms with Crippen LogP contribution in [0, 0.1) is 0 Å². The lowest BCUT2D eigenvalue weighted by molar-refractivity contribution is 0.668. The van der Waals surface area contributed by atoms with Gasteiger partial charge in [0.05, 0.1) is 22.1 Å². The largest absolute Gasteiger partial charge is 0.456 e. The highest BCUT2D eigenvalue weighted by atomic mass is 16.3. The van der Waals surface area contributed by atoms with Crippen molar-refractivity contribution in [1.82, 2.24) is 24.1 Å². The zero-order valence-electron chi connectivity index (χ0n) is 47.3. The lowest BCUT2D eigenvalue weighted by Gasteiger charge is -2.14. The molecule has 0 radical (unpaired) electrons. The third-order valence-electron chi connectivity index (χ3n) is 17.6. The molecule has 0 amide bonds. The summed E-state index contributed by atoms with van der Waals surface area (Å²) in [5.41, 5.74) is 21.6. The maximum atomic E-state index is 6.22. The van der Waals surface area contributed by atoms with E-state index < -0.39 is 0 Å². The number of hydrogen-bond acceptors (Lipinski definition) is 5. The van der Waals surface area contributed by atoms with E-state index in [0.29, 0.717) is 17.5 Å². The van der Waals surface area contributed by atoms with Crippen molar-refractivity contribution in [3.05, 3.63) is 297 Å². The van der Waals surface area contributed by atoms with Crippen LogP contribution in [0.4, 0.5) is 0 Å². The minimum Gasteiger partial charge on any atom is -0.456 e. The molecule has 0 aliphatic heterocycles. The van der Waals surface area contributed by atoms with Crippen LogP contribution in [-0.2, 0) is 0 Å². The number of rotatable bonds is 9. The molecule has 0 fully saturated rings. The summed E-state index contributed by atoms with van der Waals surface area (Å²) in [7, 11) is 0. The van der Waals surface area contributed by atoms with Gasteiger partial charge in [-0.2, -0.15) is 0 Å². The lowest BCUT2D eigenvalue weighted by Crippen LogP contribution is -2.02. The first kappa shape index (κ1) is 49.5. The van der Waals surface area contributed by atoms with Crippen LogP contribution in [0.1, 0.15) is 0 Å². The van der Waals surface area contributed by atoms with Gasteiger partial charge in [-0.1, -0.05) is 194 Å². The molecule has 0 bridgehead atoms. The molecule has 0 saturated heterocycles. The van der Waals surface area contributed by atoms with Crippen LogP contribution in [0.3, 0.4) is 0 Å². The quantitative estimate of drug-likeness (QED) is 0.144.